The molecule has 1 amide bonds. The van der Waals surface area contributed by atoms with Gasteiger partial charge in [-0.3, -0.25) is 19.6 Å². The topological polar surface area (TPSA) is 71.5 Å². The molecule has 8 heteroatoms. The Morgan fingerprint density at radius 1 is 1.29 bits per heavy atom. The number of anilines is 1. The van der Waals surface area contributed by atoms with Crippen LogP contribution in [0.25, 0.3) is 10.2 Å². The lowest BCUT2D eigenvalue weighted by atomic mass is 10.2. The van der Waals surface area contributed by atoms with E-state index < -0.39 is 0 Å². The van der Waals surface area contributed by atoms with E-state index in [1.807, 2.05) is 12.1 Å². The van der Waals surface area contributed by atoms with E-state index in [-0.39, 0.29) is 5.91 Å². The van der Waals surface area contributed by atoms with E-state index >= 15 is 0 Å². The SMILES string of the molecule is Cc1ccc2nc(N(CCCN3CCOCC3)C(=O)c3cnccn3)sc2c1. The Bertz CT molecular complexity index is 940. The van der Waals surface area contributed by atoms with Crippen LogP contribution in [-0.2, 0) is 4.74 Å². The van der Waals surface area contributed by atoms with Crippen molar-refractivity contribution < 1.29 is 9.53 Å². The van der Waals surface area contributed by atoms with Gasteiger partial charge in [-0.25, -0.2) is 9.97 Å². The highest BCUT2D eigenvalue weighted by Crippen LogP contribution is 2.30. The summed E-state index contributed by atoms with van der Waals surface area (Å²) in [6.07, 6.45) is 5.48. The van der Waals surface area contributed by atoms with Crippen LogP contribution in [0.15, 0.2) is 36.8 Å². The zero-order valence-corrected chi connectivity index (χ0v) is 16.7. The van der Waals surface area contributed by atoms with Crippen molar-refractivity contribution >= 4 is 32.6 Å². The number of hydrogen-bond donors (Lipinski definition) is 0. The summed E-state index contributed by atoms with van der Waals surface area (Å²) in [7, 11) is 0. The molecule has 0 aliphatic carbocycles. The van der Waals surface area contributed by atoms with E-state index in [9.17, 15) is 4.79 Å². The van der Waals surface area contributed by atoms with Gasteiger partial charge in [-0.05, 0) is 31.0 Å². The van der Waals surface area contributed by atoms with E-state index in [1.165, 1.54) is 11.8 Å². The molecular weight excluding hydrogens is 374 g/mol. The molecular formula is C20H23N5O2S. The van der Waals surface area contributed by atoms with Crippen LogP contribution in [0.2, 0.25) is 0 Å². The highest BCUT2D eigenvalue weighted by atomic mass is 32.1. The third-order valence-corrected chi connectivity index (χ3v) is 5.79. The number of carbonyl (C=O) groups excluding carboxylic acids is 1. The minimum atomic E-state index is -0.161. The van der Waals surface area contributed by atoms with Gasteiger partial charge in [0.05, 0.1) is 29.6 Å². The third-order valence-electron chi connectivity index (χ3n) is 4.75. The van der Waals surface area contributed by atoms with Gasteiger partial charge in [-0.1, -0.05) is 17.4 Å². The molecule has 1 saturated heterocycles. The zero-order valence-electron chi connectivity index (χ0n) is 15.9. The largest absolute Gasteiger partial charge is 0.379 e. The average Bonchev–Trinajstić information content (AvgIpc) is 3.15. The molecule has 0 bridgehead atoms. The van der Waals surface area contributed by atoms with Crippen molar-refractivity contribution in [1.82, 2.24) is 19.9 Å². The number of thiazole rings is 1. The second-order valence-corrected chi connectivity index (χ2v) is 7.83. The molecule has 0 saturated carbocycles. The van der Waals surface area contributed by atoms with Crippen molar-refractivity contribution in [3.8, 4) is 0 Å². The van der Waals surface area contributed by atoms with Crippen LogP contribution < -0.4 is 4.90 Å². The molecule has 1 aliphatic heterocycles. The second kappa shape index (κ2) is 8.72. The third kappa shape index (κ3) is 4.35. The Morgan fingerprint density at radius 2 is 2.14 bits per heavy atom. The van der Waals surface area contributed by atoms with Crippen LogP contribution >= 0.6 is 11.3 Å². The predicted octanol–water partition coefficient (Wildman–Crippen LogP) is 2.76. The van der Waals surface area contributed by atoms with Gasteiger partial charge >= 0.3 is 0 Å². The molecule has 4 rings (SSSR count). The summed E-state index contributed by atoms with van der Waals surface area (Å²) < 4.78 is 6.49. The number of fused-ring (bicyclic) bond motifs is 1. The maximum absolute atomic E-state index is 13.1. The second-order valence-electron chi connectivity index (χ2n) is 6.82. The highest BCUT2D eigenvalue weighted by molar-refractivity contribution is 7.22. The Labute approximate surface area is 168 Å². The molecule has 0 atom stereocenters. The summed E-state index contributed by atoms with van der Waals surface area (Å²) in [5.41, 5.74) is 2.43. The predicted molar refractivity (Wildman–Crippen MR) is 110 cm³/mol. The number of aryl methyl sites for hydroxylation is 1. The minimum Gasteiger partial charge on any atom is -0.379 e. The number of ether oxygens (including phenoxy) is 1. The summed E-state index contributed by atoms with van der Waals surface area (Å²) in [4.78, 5) is 30.2. The number of morpholine rings is 1. The van der Waals surface area contributed by atoms with E-state index in [1.54, 1.807) is 28.6 Å². The van der Waals surface area contributed by atoms with E-state index in [0.717, 1.165) is 49.5 Å². The lowest BCUT2D eigenvalue weighted by molar-refractivity contribution is 0.0376. The fraction of sp³-hybridized carbons (Fsp3) is 0.400. The fourth-order valence-corrected chi connectivity index (χ4v) is 4.33. The van der Waals surface area contributed by atoms with Gasteiger partial charge in [-0.2, -0.15) is 0 Å². The quantitative estimate of drug-likeness (QED) is 0.637. The van der Waals surface area contributed by atoms with Crippen molar-refractivity contribution in [2.75, 3.05) is 44.3 Å². The number of amides is 1. The Kier molecular flexibility index (Phi) is 5.90. The zero-order chi connectivity index (χ0) is 19.3. The van der Waals surface area contributed by atoms with Gasteiger partial charge in [0.15, 0.2) is 5.13 Å². The molecule has 3 aromatic rings. The molecule has 1 aliphatic rings. The smallest absolute Gasteiger partial charge is 0.280 e. The van der Waals surface area contributed by atoms with Crippen LogP contribution in [-0.4, -0.2) is 65.2 Å². The maximum atomic E-state index is 13.1. The first-order chi connectivity index (χ1) is 13.7. The van der Waals surface area contributed by atoms with Crippen LogP contribution in [0, 0.1) is 6.92 Å². The molecule has 0 radical (unpaired) electrons. The molecule has 28 heavy (non-hydrogen) atoms. The molecule has 7 nitrogen and oxygen atoms in total. The molecule has 1 fully saturated rings. The van der Waals surface area contributed by atoms with E-state index in [2.05, 4.69) is 27.9 Å². The molecule has 146 valence electrons. The van der Waals surface area contributed by atoms with E-state index in [4.69, 9.17) is 9.72 Å². The van der Waals surface area contributed by atoms with Crippen LogP contribution in [0.5, 0.6) is 0 Å². The average molecular weight is 398 g/mol. The van der Waals surface area contributed by atoms with Crippen LogP contribution in [0.3, 0.4) is 0 Å². The van der Waals surface area contributed by atoms with E-state index in [0.29, 0.717) is 17.4 Å². The molecule has 0 spiro atoms. The molecule has 1 aromatic carbocycles. The Balaban J connectivity index is 1.55. The molecule has 3 heterocycles. The van der Waals surface area contributed by atoms with Crippen molar-refractivity contribution in [3.63, 3.8) is 0 Å². The number of hydrogen-bond acceptors (Lipinski definition) is 7. The number of aromatic nitrogens is 3. The van der Waals surface area contributed by atoms with Crippen molar-refractivity contribution in [1.29, 1.82) is 0 Å². The number of benzene rings is 1. The number of rotatable bonds is 6. The summed E-state index contributed by atoms with van der Waals surface area (Å²) in [6, 6.07) is 6.15. The number of carbonyl (C=O) groups is 1. The van der Waals surface area contributed by atoms with Crippen molar-refractivity contribution in [2.24, 2.45) is 0 Å². The van der Waals surface area contributed by atoms with Gasteiger partial charge in [0.25, 0.3) is 5.91 Å². The molecule has 0 unspecified atom stereocenters. The molecule has 2 aromatic heterocycles. The van der Waals surface area contributed by atoms with Gasteiger partial charge in [0.2, 0.25) is 0 Å². The minimum absolute atomic E-state index is 0.161. The standard InChI is InChI=1S/C20H23N5O2S/c1-15-3-4-16-18(13-15)28-20(23-16)25(19(26)17-14-21-5-6-22-17)8-2-7-24-9-11-27-12-10-24/h3-6,13-14H,2,7-12H2,1H3. The summed E-state index contributed by atoms with van der Waals surface area (Å²) in [5, 5.41) is 0.707. The Hall–Kier alpha value is -2.42. The normalized spacial score (nSPS) is 15.0. The summed E-state index contributed by atoms with van der Waals surface area (Å²) in [5.74, 6) is -0.161. The maximum Gasteiger partial charge on any atom is 0.280 e. The van der Waals surface area contributed by atoms with Crippen molar-refractivity contribution in [2.45, 2.75) is 13.3 Å². The Morgan fingerprint density at radius 3 is 2.93 bits per heavy atom. The van der Waals surface area contributed by atoms with Crippen LogP contribution in [0.4, 0.5) is 5.13 Å². The van der Waals surface area contributed by atoms with Gasteiger partial charge < -0.3 is 4.74 Å². The number of nitrogens with zero attached hydrogens (tertiary/aromatic N) is 5. The van der Waals surface area contributed by atoms with Gasteiger partial charge in [-0.15, -0.1) is 0 Å². The molecule has 0 N–H and O–H groups in total. The van der Waals surface area contributed by atoms with Gasteiger partial charge in [0.1, 0.15) is 5.69 Å². The monoisotopic (exact) mass is 397 g/mol. The fourth-order valence-electron chi connectivity index (χ4n) is 3.24. The lowest BCUT2D eigenvalue weighted by Crippen LogP contribution is -2.39. The first kappa shape index (κ1) is 18.9. The summed E-state index contributed by atoms with van der Waals surface area (Å²) >= 11 is 1.54. The van der Waals surface area contributed by atoms with Gasteiger partial charge in [0, 0.05) is 38.6 Å². The first-order valence-electron chi connectivity index (χ1n) is 9.46. The summed E-state index contributed by atoms with van der Waals surface area (Å²) in [6.45, 7) is 7.02. The lowest BCUT2D eigenvalue weighted by Gasteiger charge is -2.27. The highest BCUT2D eigenvalue weighted by Gasteiger charge is 2.23. The van der Waals surface area contributed by atoms with Crippen molar-refractivity contribution in [3.05, 3.63) is 48.0 Å². The first-order valence-corrected chi connectivity index (χ1v) is 10.3. The van der Waals surface area contributed by atoms with Crippen LogP contribution in [0.1, 0.15) is 22.5 Å².